The van der Waals surface area contributed by atoms with Gasteiger partial charge >= 0.3 is 6.18 Å². The summed E-state index contributed by atoms with van der Waals surface area (Å²) < 4.78 is 64.1. The van der Waals surface area contributed by atoms with Crippen LogP contribution in [0, 0.1) is 0 Å². The second-order valence-corrected chi connectivity index (χ2v) is 9.51. The zero-order valence-electron chi connectivity index (χ0n) is 16.7. The van der Waals surface area contributed by atoms with Crippen molar-refractivity contribution in [3.63, 3.8) is 0 Å². The van der Waals surface area contributed by atoms with Crippen molar-refractivity contribution in [2.75, 3.05) is 0 Å². The lowest BCUT2D eigenvalue weighted by Crippen LogP contribution is -2.31. The van der Waals surface area contributed by atoms with Crippen LogP contribution < -0.4 is 15.9 Å². The lowest BCUT2D eigenvalue weighted by atomic mass is 10.2. The monoisotopic (exact) mass is 493 g/mol. The number of amides is 1. The van der Waals surface area contributed by atoms with Crippen molar-refractivity contribution in [3.8, 4) is 0 Å². The summed E-state index contributed by atoms with van der Waals surface area (Å²) in [6.45, 7) is 0.134. The van der Waals surface area contributed by atoms with Crippen LogP contribution in [-0.2, 0) is 27.4 Å². The molecule has 3 aromatic rings. The molecule has 2 heterocycles. The highest BCUT2D eigenvalue weighted by molar-refractivity contribution is 7.91. The molecule has 170 valence electrons. The Morgan fingerprint density at radius 2 is 1.82 bits per heavy atom. The summed E-state index contributed by atoms with van der Waals surface area (Å²) in [5.41, 5.74) is -0.416. The largest absolute Gasteiger partial charge is 0.416 e. The summed E-state index contributed by atoms with van der Waals surface area (Å²) in [6, 6.07) is 8.73. The van der Waals surface area contributed by atoms with Crippen LogP contribution in [0.15, 0.2) is 75.7 Å². The predicted octanol–water partition coefficient (Wildman–Crippen LogP) is 2.69. The van der Waals surface area contributed by atoms with Gasteiger partial charge in [0.15, 0.2) is 0 Å². The van der Waals surface area contributed by atoms with Gasteiger partial charge in [-0.25, -0.2) is 8.42 Å². The van der Waals surface area contributed by atoms with E-state index in [-0.39, 0.29) is 17.3 Å². The Kier molecular flexibility index (Phi) is 5.98. The lowest BCUT2D eigenvalue weighted by molar-refractivity contribution is -0.137. The summed E-state index contributed by atoms with van der Waals surface area (Å²) >= 11 is 5.84. The molecule has 1 aromatic heterocycles. The number of hydrogen-bond donors (Lipinski definition) is 1. The summed E-state index contributed by atoms with van der Waals surface area (Å²) in [7, 11) is -4.14. The maximum absolute atomic E-state index is 12.8. The number of carbonyl (C=O) groups is 1. The van der Waals surface area contributed by atoms with Crippen LogP contribution in [0.1, 0.15) is 11.1 Å². The van der Waals surface area contributed by atoms with Crippen LogP contribution in [0.25, 0.3) is 6.08 Å². The van der Waals surface area contributed by atoms with Gasteiger partial charge in [-0.05, 0) is 48.0 Å². The average Bonchev–Trinajstić information content (AvgIpc) is 3.21. The molecule has 0 bridgehead atoms. The molecule has 1 aliphatic heterocycles. The molecule has 0 saturated carbocycles. The minimum atomic E-state index is -4.64. The van der Waals surface area contributed by atoms with Crippen molar-refractivity contribution in [1.29, 1.82) is 0 Å². The number of benzene rings is 2. The molecule has 6 nitrogen and oxygen atoms in total. The molecule has 11 heteroatoms. The fourth-order valence-corrected chi connectivity index (χ4v) is 5.04. The summed E-state index contributed by atoms with van der Waals surface area (Å²) in [5, 5.41) is 3.67. The molecule has 1 atom stereocenters. The van der Waals surface area contributed by atoms with Crippen LogP contribution in [0.2, 0.25) is 5.02 Å². The van der Waals surface area contributed by atoms with Crippen LogP contribution in [-0.4, -0.2) is 25.4 Å². The second-order valence-electron chi connectivity index (χ2n) is 7.18. The SMILES string of the molecule is O=C(NCc1ccc(S(=O)(=O)c2ccc(C(F)(F)F)cc2Cl)cc1)C1C=c2cnccc2=N1. The number of halogens is 4. The number of rotatable bonds is 5. The fraction of sp³-hybridized carbons (Fsp3) is 0.136. The maximum atomic E-state index is 12.8. The van der Waals surface area contributed by atoms with Crippen LogP contribution in [0.4, 0.5) is 13.2 Å². The van der Waals surface area contributed by atoms with Gasteiger partial charge in [0.2, 0.25) is 15.7 Å². The third kappa shape index (κ3) is 4.76. The highest BCUT2D eigenvalue weighted by Gasteiger charge is 2.32. The number of pyridine rings is 1. The van der Waals surface area contributed by atoms with Gasteiger partial charge in [-0.2, -0.15) is 13.2 Å². The molecule has 0 spiro atoms. The Balaban J connectivity index is 1.46. The van der Waals surface area contributed by atoms with Gasteiger partial charge in [-0.15, -0.1) is 0 Å². The first kappa shape index (κ1) is 22.9. The molecule has 1 amide bonds. The molecule has 1 N–H and O–H groups in total. The molecule has 2 aromatic carbocycles. The molecule has 0 radical (unpaired) electrons. The number of nitrogens with one attached hydrogen (secondary N) is 1. The highest BCUT2D eigenvalue weighted by Crippen LogP contribution is 2.35. The molecule has 0 saturated heterocycles. The van der Waals surface area contributed by atoms with Crippen LogP contribution in [0.5, 0.6) is 0 Å². The number of hydrogen-bond acceptors (Lipinski definition) is 5. The standard InChI is InChI=1S/C22H15ClF3N3O3S/c23-17-10-15(22(24,25)26)3-6-20(17)33(31,32)16-4-1-13(2-5-16)11-28-21(30)19-9-14-12-27-8-7-18(14)29-19/h1-10,12,19H,11H2,(H,28,30). The van der Waals surface area contributed by atoms with Gasteiger partial charge < -0.3 is 5.32 Å². The number of nitrogens with zero attached hydrogens (tertiary/aromatic N) is 2. The third-order valence-corrected chi connectivity index (χ3v) is 7.21. The van der Waals surface area contributed by atoms with Gasteiger partial charge in [0.25, 0.3) is 0 Å². The summed E-state index contributed by atoms with van der Waals surface area (Å²) in [5.74, 6) is -0.320. The first-order chi connectivity index (χ1) is 15.6. The van der Waals surface area contributed by atoms with E-state index in [9.17, 15) is 26.4 Å². The van der Waals surface area contributed by atoms with Gasteiger partial charge in [0, 0.05) is 24.2 Å². The van der Waals surface area contributed by atoms with E-state index in [0.29, 0.717) is 23.1 Å². The Hall–Kier alpha value is -3.24. The number of fused-ring (bicyclic) bond motifs is 1. The first-order valence-electron chi connectivity index (χ1n) is 9.54. The van der Waals surface area contributed by atoms with Crippen LogP contribution >= 0.6 is 11.6 Å². The number of sulfone groups is 1. The van der Waals surface area contributed by atoms with Crippen molar-refractivity contribution < 1.29 is 26.4 Å². The minimum absolute atomic E-state index is 0.134. The number of alkyl halides is 3. The Labute approximate surface area is 191 Å². The van der Waals surface area contributed by atoms with E-state index in [1.807, 2.05) is 0 Å². The molecular formula is C22H15ClF3N3O3S. The van der Waals surface area contributed by atoms with E-state index in [1.54, 1.807) is 24.5 Å². The molecule has 1 unspecified atom stereocenters. The topological polar surface area (TPSA) is 88.5 Å². The first-order valence-corrected chi connectivity index (χ1v) is 11.4. The smallest absolute Gasteiger partial charge is 0.350 e. The molecule has 0 fully saturated rings. The lowest BCUT2D eigenvalue weighted by Gasteiger charge is -2.11. The van der Waals surface area contributed by atoms with Crippen molar-refractivity contribution in [1.82, 2.24) is 10.3 Å². The Morgan fingerprint density at radius 1 is 1.09 bits per heavy atom. The van der Waals surface area contributed by atoms with E-state index in [2.05, 4.69) is 15.3 Å². The van der Waals surface area contributed by atoms with E-state index < -0.39 is 37.5 Å². The fourth-order valence-electron chi connectivity index (χ4n) is 3.24. The second kappa shape index (κ2) is 8.60. The van der Waals surface area contributed by atoms with Crippen molar-refractivity contribution in [3.05, 3.63) is 87.7 Å². The van der Waals surface area contributed by atoms with E-state index in [0.717, 1.165) is 11.3 Å². The Bertz CT molecular complexity index is 1420. The molecule has 0 aliphatic carbocycles. The Morgan fingerprint density at radius 3 is 2.45 bits per heavy atom. The normalized spacial score (nSPS) is 15.3. The van der Waals surface area contributed by atoms with Gasteiger partial charge in [-0.1, -0.05) is 23.7 Å². The van der Waals surface area contributed by atoms with Crippen molar-refractivity contribution in [2.45, 2.75) is 28.6 Å². The molecule has 4 rings (SSSR count). The van der Waals surface area contributed by atoms with E-state index in [1.165, 1.54) is 24.3 Å². The van der Waals surface area contributed by atoms with Gasteiger partial charge in [0.1, 0.15) is 6.04 Å². The van der Waals surface area contributed by atoms with Crippen molar-refractivity contribution in [2.24, 2.45) is 4.99 Å². The van der Waals surface area contributed by atoms with Crippen LogP contribution in [0.3, 0.4) is 0 Å². The highest BCUT2D eigenvalue weighted by atomic mass is 35.5. The zero-order chi connectivity index (χ0) is 23.8. The van der Waals surface area contributed by atoms with E-state index >= 15 is 0 Å². The summed E-state index contributed by atoms with van der Waals surface area (Å²) in [4.78, 5) is 20.1. The maximum Gasteiger partial charge on any atom is 0.416 e. The quantitative estimate of drug-likeness (QED) is 0.592. The number of carbonyl (C=O) groups excluding carboxylic acids is 1. The summed E-state index contributed by atoms with van der Waals surface area (Å²) in [6.07, 6.45) is 0.264. The average molecular weight is 494 g/mol. The molecule has 1 aliphatic rings. The molecule has 33 heavy (non-hydrogen) atoms. The van der Waals surface area contributed by atoms with Crippen molar-refractivity contribution >= 4 is 33.4 Å². The van der Waals surface area contributed by atoms with E-state index in [4.69, 9.17) is 11.6 Å². The predicted molar refractivity (Wildman–Crippen MR) is 113 cm³/mol. The zero-order valence-corrected chi connectivity index (χ0v) is 18.2. The van der Waals surface area contributed by atoms with Gasteiger partial charge in [0.05, 0.1) is 25.7 Å². The third-order valence-electron chi connectivity index (χ3n) is 4.96. The minimum Gasteiger partial charge on any atom is -0.350 e. The number of aromatic nitrogens is 1. The van der Waals surface area contributed by atoms with Gasteiger partial charge in [-0.3, -0.25) is 14.8 Å². The molecular weight excluding hydrogens is 479 g/mol.